The van der Waals surface area contributed by atoms with Gasteiger partial charge in [0.1, 0.15) is 0 Å². The molecule has 0 spiro atoms. The highest BCUT2D eigenvalue weighted by Gasteiger charge is 2.22. The summed E-state index contributed by atoms with van der Waals surface area (Å²) < 4.78 is 27.9. The van der Waals surface area contributed by atoms with Gasteiger partial charge in [0, 0.05) is 37.4 Å². The zero-order valence-electron chi connectivity index (χ0n) is 17.7. The second-order valence-corrected chi connectivity index (χ2v) is 10.4. The molecule has 4 rings (SSSR count). The van der Waals surface area contributed by atoms with E-state index in [1.807, 2.05) is 18.2 Å². The van der Waals surface area contributed by atoms with Crippen molar-refractivity contribution >= 4 is 48.3 Å². The number of anilines is 2. The molecule has 1 aliphatic rings. The van der Waals surface area contributed by atoms with Gasteiger partial charge in [-0.3, -0.25) is 4.79 Å². The first-order valence-corrected chi connectivity index (χ1v) is 12.7. The summed E-state index contributed by atoms with van der Waals surface area (Å²) in [5.41, 5.74) is 1.87. The molecule has 1 N–H and O–H groups in total. The van der Waals surface area contributed by atoms with Crippen LogP contribution in [-0.2, 0) is 10.0 Å². The summed E-state index contributed by atoms with van der Waals surface area (Å²) in [6.45, 7) is 6.42. The number of aromatic nitrogens is 1. The number of rotatable bonds is 7. The molecular weight excluding hydrogens is 432 g/mol. The van der Waals surface area contributed by atoms with Crippen LogP contribution >= 0.6 is 11.3 Å². The molecule has 0 unspecified atom stereocenters. The van der Waals surface area contributed by atoms with Crippen molar-refractivity contribution in [3.8, 4) is 0 Å². The van der Waals surface area contributed by atoms with Crippen LogP contribution in [-0.4, -0.2) is 49.8 Å². The monoisotopic (exact) mass is 458 g/mol. The Kier molecular flexibility index (Phi) is 6.27. The summed E-state index contributed by atoms with van der Waals surface area (Å²) in [5.74, 6) is -0.347. The van der Waals surface area contributed by atoms with E-state index in [2.05, 4.69) is 10.2 Å². The van der Waals surface area contributed by atoms with Crippen molar-refractivity contribution in [2.24, 2.45) is 0 Å². The van der Waals surface area contributed by atoms with E-state index >= 15 is 0 Å². The third-order valence-corrected chi connectivity index (χ3v) is 8.58. The minimum Gasteiger partial charge on any atom is -0.348 e. The Bertz CT molecular complexity index is 1200. The van der Waals surface area contributed by atoms with Gasteiger partial charge in [0.05, 0.1) is 15.1 Å². The van der Waals surface area contributed by atoms with Crippen LogP contribution in [0, 0.1) is 0 Å². The summed E-state index contributed by atoms with van der Waals surface area (Å²) >= 11 is 1.62. The first-order chi connectivity index (χ1) is 14.9. The highest BCUT2D eigenvalue weighted by atomic mass is 32.2. The van der Waals surface area contributed by atoms with Crippen molar-refractivity contribution in [1.82, 2.24) is 9.29 Å². The molecule has 2 aromatic carbocycles. The molecule has 0 saturated carbocycles. The van der Waals surface area contributed by atoms with Gasteiger partial charge in [0.2, 0.25) is 10.0 Å². The second-order valence-electron chi connectivity index (χ2n) is 7.44. The van der Waals surface area contributed by atoms with Crippen LogP contribution < -0.4 is 10.2 Å². The molecule has 3 aromatic rings. The van der Waals surface area contributed by atoms with Crippen molar-refractivity contribution in [1.29, 1.82) is 0 Å². The largest absolute Gasteiger partial charge is 0.348 e. The highest BCUT2D eigenvalue weighted by Crippen LogP contribution is 2.32. The van der Waals surface area contributed by atoms with E-state index in [0.717, 1.165) is 28.4 Å². The van der Waals surface area contributed by atoms with Crippen LogP contribution in [0.4, 0.5) is 10.8 Å². The van der Waals surface area contributed by atoms with E-state index in [4.69, 9.17) is 4.98 Å². The Labute approximate surface area is 186 Å². The minimum atomic E-state index is -3.62. The standard InChI is InChI=1S/C22H26N4O3S2/c1-3-26(4-2)31(28,29)18-9-7-8-16(14-18)21(27)23-17-10-11-19-20(15-17)30-22(24-19)25-12-5-6-13-25/h7-11,14-15H,3-6,12-13H2,1-2H3,(H,23,27). The molecule has 2 heterocycles. The van der Waals surface area contributed by atoms with E-state index in [9.17, 15) is 13.2 Å². The van der Waals surface area contributed by atoms with Crippen LogP contribution in [0.15, 0.2) is 47.4 Å². The lowest BCUT2D eigenvalue weighted by Gasteiger charge is -2.18. The molecule has 0 bridgehead atoms. The Balaban J connectivity index is 1.55. The summed E-state index contributed by atoms with van der Waals surface area (Å²) in [6, 6.07) is 11.8. The number of amides is 1. The van der Waals surface area contributed by atoms with E-state index < -0.39 is 10.0 Å². The average Bonchev–Trinajstić information content (AvgIpc) is 3.44. The van der Waals surface area contributed by atoms with Crippen molar-refractivity contribution in [3.05, 3.63) is 48.0 Å². The SMILES string of the molecule is CCN(CC)S(=O)(=O)c1cccc(C(=O)Nc2ccc3nc(N4CCCC4)sc3c2)c1. The molecule has 31 heavy (non-hydrogen) atoms. The predicted molar refractivity (Wildman–Crippen MR) is 126 cm³/mol. The molecule has 7 nitrogen and oxygen atoms in total. The van der Waals surface area contributed by atoms with Crippen LogP contribution in [0.5, 0.6) is 0 Å². The number of thiazole rings is 1. The van der Waals surface area contributed by atoms with E-state index in [1.165, 1.54) is 29.3 Å². The quantitative estimate of drug-likeness (QED) is 0.574. The highest BCUT2D eigenvalue weighted by molar-refractivity contribution is 7.89. The average molecular weight is 459 g/mol. The minimum absolute atomic E-state index is 0.122. The Morgan fingerprint density at radius 3 is 2.58 bits per heavy atom. The first kappa shape index (κ1) is 21.7. The normalized spacial score (nSPS) is 14.5. The predicted octanol–water partition coefficient (Wildman–Crippen LogP) is 4.18. The summed E-state index contributed by atoms with van der Waals surface area (Å²) in [4.78, 5) is 19.9. The van der Waals surface area contributed by atoms with Gasteiger partial charge in [-0.1, -0.05) is 31.3 Å². The number of sulfonamides is 1. The van der Waals surface area contributed by atoms with E-state index in [1.54, 1.807) is 37.3 Å². The topological polar surface area (TPSA) is 82.6 Å². The molecule has 164 valence electrons. The number of fused-ring (bicyclic) bond motifs is 1. The maximum Gasteiger partial charge on any atom is 0.255 e. The molecule has 1 saturated heterocycles. The second kappa shape index (κ2) is 8.94. The van der Waals surface area contributed by atoms with Gasteiger partial charge < -0.3 is 10.2 Å². The molecule has 0 atom stereocenters. The number of nitrogens with zero attached hydrogens (tertiary/aromatic N) is 3. The fraction of sp³-hybridized carbons (Fsp3) is 0.364. The molecule has 1 fully saturated rings. The van der Waals surface area contributed by atoms with Gasteiger partial charge in [-0.05, 0) is 49.2 Å². The first-order valence-electron chi connectivity index (χ1n) is 10.5. The summed E-state index contributed by atoms with van der Waals surface area (Å²) in [6.07, 6.45) is 2.39. The number of carbonyl (C=O) groups is 1. The van der Waals surface area contributed by atoms with Crippen molar-refractivity contribution < 1.29 is 13.2 Å². The van der Waals surface area contributed by atoms with E-state index in [0.29, 0.717) is 24.3 Å². The molecule has 1 aromatic heterocycles. The molecule has 9 heteroatoms. The van der Waals surface area contributed by atoms with Crippen LogP contribution in [0.3, 0.4) is 0 Å². The molecule has 0 aliphatic carbocycles. The Hall–Kier alpha value is -2.49. The van der Waals surface area contributed by atoms with Gasteiger partial charge in [-0.2, -0.15) is 4.31 Å². The number of benzene rings is 2. The molecule has 1 aliphatic heterocycles. The van der Waals surface area contributed by atoms with Crippen molar-refractivity contribution in [3.63, 3.8) is 0 Å². The lowest BCUT2D eigenvalue weighted by Crippen LogP contribution is -2.30. The Morgan fingerprint density at radius 2 is 1.87 bits per heavy atom. The zero-order chi connectivity index (χ0) is 22.0. The number of hydrogen-bond acceptors (Lipinski definition) is 6. The maximum atomic E-state index is 12.8. The summed E-state index contributed by atoms with van der Waals surface area (Å²) in [5, 5.41) is 3.90. The number of carbonyl (C=O) groups excluding carboxylic acids is 1. The maximum absolute atomic E-state index is 12.8. The van der Waals surface area contributed by atoms with Crippen LogP contribution in [0.2, 0.25) is 0 Å². The number of hydrogen-bond donors (Lipinski definition) is 1. The molecule has 0 radical (unpaired) electrons. The fourth-order valence-corrected chi connectivity index (χ4v) is 6.31. The summed E-state index contributed by atoms with van der Waals surface area (Å²) in [7, 11) is -3.62. The van der Waals surface area contributed by atoms with Gasteiger partial charge in [-0.25, -0.2) is 13.4 Å². The molecule has 1 amide bonds. The van der Waals surface area contributed by atoms with E-state index in [-0.39, 0.29) is 10.8 Å². The zero-order valence-corrected chi connectivity index (χ0v) is 19.3. The lowest BCUT2D eigenvalue weighted by atomic mass is 10.2. The van der Waals surface area contributed by atoms with Crippen LogP contribution in [0.1, 0.15) is 37.0 Å². The molecular formula is C22H26N4O3S2. The van der Waals surface area contributed by atoms with Crippen molar-refractivity contribution in [2.45, 2.75) is 31.6 Å². The lowest BCUT2D eigenvalue weighted by molar-refractivity contribution is 0.102. The fourth-order valence-electron chi connectivity index (χ4n) is 3.75. The van der Waals surface area contributed by atoms with Gasteiger partial charge in [0.25, 0.3) is 5.91 Å². The van der Waals surface area contributed by atoms with Crippen molar-refractivity contribution in [2.75, 3.05) is 36.4 Å². The van der Waals surface area contributed by atoms with Crippen LogP contribution in [0.25, 0.3) is 10.2 Å². The van der Waals surface area contributed by atoms with Gasteiger partial charge in [-0.15, -0.1) is 0 Å². The van der Waals surface area contributed by atoms with Gasteiger partial charge >= 0.3 is 0 Å². The number of nitrogens with one attached hydrogen (secondary N) is 1. The Morgan fingerprint density at radius 1 is 1.13 bits per heavy atom. The third kappa shape index (κ3) is 4.44. The van der Waals surface area contributed by atoms with Gasteiger partial charge in [0.15, 0.2) is 5.13 Å². The smallest absolute Gasteiger partial charge is 0.255 e. The third-order valence-electron chi connectivity index (χ3n) is 5.45.